The molecular formula is C16H29Cl2N5O3. The fourth-order valence-electron chi connectivity index (χ4n) is 3.27. The Hall–Kier alpha value is -0.930. The monoisotopic (exact) mass is 409 g/mol. The van der Waals surface area contributed by atoms with Crippen molar-refractivity contribution in [2.24, 2.45) is 0 Å². The number of aryl methyl sites for hydroxylation is 1. The maximum atomic E-state index is 12.7. The molecular weight excluding hydrogens is 381 g/mol. The maximum absolute atomic E-state index is 12.7. The molecule has 0 saturated carbocycles. The van der Waals surface area contributed by atoms with E-state index in [0.29, 0.717) is 25.6 Å². The van der Waals surface area contributed by atoms with Crippen LogP contribution >= 0.6 is 24.8 Å². The quantitative estimate of drug-likeness (QED) is 0.795. The van der Waals surface area contributed by atoms with Crippen molar-refractivity contribution in [2.45, 2.75) is 45.4 Å². The SMILES string of the molecule is CCc1noc(C(C)N2CCN(C(=O)[C@H]3NCCO[C@@H]3C)CC2)n1.Cl.Cl. The van der Waals surface area contributed by atoms with E-state index in [4.69, 9.17) is 9.26 Å². The van der Waals surface area contributed by atoms with Crippen LogP contribution in [0.5, 0.6) is 0 Å². The first-order valence-corrected chi connectivity index (χ1v) is 8.80. The molecule has 3 rings (SSSR count). The maximum Gasteiger partial charge on any atom is 0.243 e. The second kappa shape index (κ2) is 10.4. The van der Waals surface area contributed by atoms with Crippen LogP contribution in [-0.2, 0) is 16.0 Å². The van der Waals surface area contributed by atoms with Crippen molar-refractivity contribution in [3.63, 3.8) is 0 Å². The van der Waals surface area contributed by atoms with Gasteiger partial charge in [0.05, 0.1) is 18.8 Å². The summed E-state index contributed by atoms with van der Waals surface area (Å²) >= 11 is 0. The standard InChI is InChI=1S/C16H27N5O3.2ClH/c1-4-13-18-15(24-19-13)11(2)20-6-8-21(9-7-20)16(22)14-12(3)23-10-5-17-14;;/h11-12,14,17H,4-10H2,1-3H3;2*1H/t11?,12-,14+;;/m1../s1. The Balaban J connectivity index is 0.00000169. The summed E-state index contributed by atoms with van der Waals surface area (Å²) in [5, 5.41) is 7.24. The lowest BCUT2D eigenvalue weighted by molar-refractivity contribution is -0.141. The van der Waals surface area contributed by atoms with Crippen LogP contribution in [0.4, 0.5) is 0 Å². The van der Waals surface area contributed by atoms with E-state index in [1.807, 2.05) is 18.7 Å². The minimum Gasteiger partial charge on any atom is -0.375 e. The summed E-state index contributed by atoms with van der Waals surface area (Å²) in [5.41, 5.74) is 0. The molecule has 10 heteroatoms. The number of piperazine rings is 1. The summed E-state index contributed by atoms with van der Waals surface area (Å²) < 4.78 is 10.9. The smallest absolute Gasteiger partial charge is 0.243 e. The number of carbonyl (C=O) groups excluding carboxylic acids is 1. The highest BCUT2D eigenvalue weighted by molar-refractivity contribution is 5.85. The summed E-state index contributed by atoms with van der Waals surface area (Å²) in [6.45, 7) is 10.5. The molecule has 2 fully saturated rings. The number of rotatable bonds is 4. The molecule has 2 aliphatic rings. The lowest BCUT2D eigenvalue weighted by atomic mass is 10.1. The summed E-state index contributed by atoms with van der Waals surface area (Å²) in [5.74, 6) is 1.53. The first-order valence-electron chi connectivity index (χ1n) is 8.80. The van der Waals surface area contributed by atoms with E-state index in [9.17, 15) is 4.79 Å². The zero-order valence-electron chi connectivity index (χ0n) is 15.5. The average Bonchev–Trinajstić information content (AvgIpc) is 3.10. The number of carbonyl (C=O) groups is 1. The number of morpholine rings is 1. The van der Waals surface area contributed by atoms with Gasteiger partial charge in [0, 0.05) is 39.1 Å². The fraction of sp³-hybridized carbons (Fsp3) is 0.812. The van der Waals surface area contributed by atoms with Crippen molar-refractivity contribution < 1.29 is 14.1 Å². The Morgan fingerprint density at radius 1 is 1.31 bits per heavy atom. The van der Waals surface area contributed by atoms with Gasteiger partial charge in [0.1, 0.15) is 6.04 Å². The third kappa shape index (κ3) is 5.07. The zero-order valence-corrected chi connectivity index (χ0v) is 17.1. The predicted octanol–water partition coefficient (Wildman–Crippen LogP) is 1.06. The molecule has 2 aliphatic heterocycles. The number of ether oxygens (including phenoxy) is 1. The van der Waals surface area contributed by atoms with Gasteiger partial charge >= 0.3 is 0 Å². The molecule has 2 saturated heterocycles. The predicted molar refractivity (Wildman–Crippen MR) is 102 cm³/mol. The average molecular weight is 410 g/mol. The lowest BCUT2D eigenvalue weighted by Gasteiger charge is -2.40. The van der Waals surface area contributed by atoms with Gasteiger partial charge in [0.2, 0.25) is 11.8 Å². The largest absolute Gasteiger partial charge is 0.375 e. The van der Waals surface area contributed by atoms with Gasteiger partial charge in [-0.1, -0.05) is 12.1 Å². The van der Waals surface area contributed by atoms with Crippen molar-refractivity contribution in [1.82, 2.24) is 25.3 Å². The molecule has 0 aromatic carbocycles. The Labute approximate surface area is 166 Å². The van der Waals surface area contributed by atoms with Crippen LogP contribution in [0.15, 0.2) is 4.52 Å². The molecule has 1 amide bonds. The van der Waals surface area contributed by atoms with Crippen LogP contribution in [-0.4, -0.2) is 77.3 Å². The Kier molecular flexibility index (Phi) is 9.26. The molecule has 8 nitrogen and oxygen atoms in total. The highest BCUT2D eigenvalue weighted by Crippen LogP contribution is 2.21. The first kappa shape index (κ1) is 23.1. The van der Waals surface area contributed by atoms with E-state index >= 15 is 0 Å². The van der Waals surface area contributed by atoms with Crippen LogP contribution in [0.25, 0.3) is 0 Å². The molecule has 26 heavy (non-hydrogen) atoms. The van der Waals surface area contributed by atoms with Crippen molar-refractivity contribution in [3.05, 3.63) is 11.7 Å². The summed E-state index contributed by atoms with van der Waals surface area (Å²) in [7, 11) is 0. The minimum absolute atomic E-state index is 0. The number of hydrogen-bond acceptors (Lipinski definition) is 7. The molecule has 0 bridgehead atoms. The van der Waals surface area contributed by atoms with Gasteiger partial charge in [-0.25, -0.2) is 0 Å². The van der Waals surface area contributed by atoms with Crippen LogP contribution < -0.4 is 5.32 Å². The van der Waals surface area contributed by atoms with E-state index in [1.165, 1.54) is 0 Å². The summed E-state index contributed by atoms with van der Waals surface area (Å²) in [4.78, 5) is 21.3. The van der Waals surface area contributed by atoms with Crippen LogP contribution in [0.3, 0.4) is 0 Å². The molecule has 1 unspecified atom stereocenters. The van der Waals surface area contributed by atoms with E-state index in [1.54, 1.807) is 0 Å². The molecule has 0 radical (unpaired) electrons. The van der Waals surface area contributed by atoms with Crippen LogP contribution in [0, 0.1) is 0 Å². The van der Waals surface area contributed by atoms with Gasteiger partial charge in [-0.2, -0.15) is 4.98 Å². The fourth-order valence-corrected chi connectivity index (χ4v) is 3.27. The van der Waals surface area contributed by atoms with Crippen molar-refractivity contribution in [1.29, 1.82) is 0 Å². The lowest BCUT2D eigenvalue weighted by Crippen LogP contribution is -2.59. The van der Waals surface area contributed by atoms with E-state index in [-0.39, 0.29) is 48.9 Å². The van der Waals surface area contributed by atoms with Gasteiger partial charge in [-0.3, -0.25) is 9.69 Å². The third-order valence-electron chi connectivity index (χ3n) is 4.91. The molecule has 1 aromatic heterocycles. The highest BCUT2D eigenvalue weighted by atomic mass is 35.5. The number of aromatic nitrogens is 2. The Bertz CT molecular complexity index is 566. The summed E-state index contributed by atoms with van der Waals surface area (Å²) in [6.07, 6.45) is 0.696. The van der Waals surface area contributed by atoms with E-state index in [2.05, 4.69) is 27.3 Å². The van der Waals surface area contributed by atoms with Gasteiger partial charge < -0.3 is 19.5 Å². The van der Waals surface area contributed by atoms with E-state index in [0.717, 1.165) is 31.9 Å². The van der Waals surface area contributed by atoms with Gasteiger partial charge in [0.25, 0.3) is 0 Å². The molecule has 1 aromatic rings. The number of halogens is 2. The molecule has 0 aliphatic carbocycles. The van der Waals surface area contributed by atoms with Crippen molar-refractivity contribution in [2.75, 3.05) is 39.3 Å². The normalized spacial score (nSPS) is 25.1. The third-order valence-corrected chi connectivity index (χ3v) is 4.91. The Morgan fingerprint density at radius 2 is 2.00 bits per heavy atom. The number of hydrogen-bond donors (Lipinski definition) is 1. The van der Waals surface area contributed by atoms with Crippen LogP contribution in [0.1, 0.15) is 38.5 Å². The number of amides is 1. The minimum atomic E-state index is -0.231. The second-order valence-corrected chi connectivity index (χ2v) is 6.45. The molecule has 3 atom stereocenters. The molecule has 0 spiro atoms. The Morgan fingerprint density at radius 3 is 2.58 bits per heavy atom. The molecule has 150 valence electrons. The molecule has 1 N–H and O–H groups in total. The molecule has 3 heterocycles. The highest BCUT2D eigenvalue weighted by Gasteiger charge is 2.34. The van der Waals surface area contributed by atoms with Crippen molar-refractivity contribution in [3.8, 4) is 0 Å². The van der Waals surface area contributed by atoms with Crippen molar-refractivity contribution >= 4 is 30.7 Å². The second-order valence-electron chi connectivity index (χ2n) is 6.45. The first-order chi connectivity index (χ1) is 11.6. The van der Waals surface area contributed by atoms with Crippen LogP contribution in [0.2, 0.25) is 0 Å². The van der Waals surface area contributed by atoms with E-state index < -0.39 is 0 Å². The summed E-state index contributed by atoms with van der Waals surface area (Å²) in [6, 6.07) is -0.157. The van der Waals surface area contributed by atoms with Gasteiger partial charge in [-0.05, 0) is 13.8 Å². The van der Waals surface area contributed by atoms with Gasteiger partial charge in [0.15, 0.2) is 5.82 Å². The zero-order chi connectivity index (χ0) is 17.1. The number of nitrogens with one attached hydrogen (secondary N) is 1. The number of nitrogens with zero attached hydrogens (tertiary/aromatic N) is 4. The van der Waals surface area contributed by atoms with Gasteiger partial charge in [-0.15, -0.1) is 24.8 Å². The topological polar surface area (TPSA) is 83.7 Å².